The molecule has 6 heteroatoms. The third-order valence-corrected chi connectivity index (χ3v) is 5.52. The lowest BCUT2D eigenvalue weighted by Crippen LogP contribution is -2.41. The minimum atomic E-state index is -3.26. The molecule has 4 nitrogen and oxygen atoms in total. The largest absolute Gasteiger partial charge is 0.378 e. The van der Waals surface area contributed by atoms with Gasteiger partial charge in [-0.05, 0) is 32.1 Å². The highest BCUT2D eigenvalue weighted by Crippen LogP contribution is 2.36. The molecule has 0 unspecified atom stereocenters. The molecule has 1 saturated carbocycles. The van der Waals surface area contributed by atoms with Crippen LogP contribution in [-0.4, -0.2) is 39.3 Å². The van der Waals surface area contributed by atoms with Gasteiger partial charge in [-0.1, -0.05) is 19.3 Å². The molecule has 0 aromatic rings. The van der Waals surface area contributed by atoms with Crippen LogP contribution in [0.3, 0.4) is 0 Å². The first-order valence-corrected chi connectivity index (χ1v) is 9.23. The zero-order chi connectivity index (χ0) is 14.4. The van der Waals surface area contributed by atoms with Crippen molar-refractivity contribution in [2.75, 3.05) is 24.8 Å². The summed E-state index contributed by atoms with van der Waals surface area (Å²) >= 11 is 6.05. The van der Waals surface area contributed by atoms with Gasteiger partial charge in [-0.2, -0.15) is 0 Å². The maximum absolute atomic E-state index is 11.9. The van der Waals surface area contributed by atoms with E-state index in [-0.39, 0.29) is 23.9 Å². The summed E-state index contributed by atoms with van der Waals surface area (Å²) < 4.78 is 31.7. The quantitative estimate of drug-likeness (QED) is 0.701. The highest BCUT2D eigenvalue weighted by molar-refractivity contribution is 7.89. The lowest BCUT2D eigenvalue weighted by molar-refractivity contribution is 0.0911. The molecule has 1 aliphatic carbocycles. The average molecular weight is 312 g/mol. The molecule has 19 heavy (non-hydrogen) atoms. The number of ether oxygens (including phenoxy) is 1. The van der Waals surface area contributed by atoms with E-state index in [4.69, 9.17) is 16.3 Å². The Morgan fingerprint density at radius 3 is 2.42 bits per heavy atom. The zero-order valence-corrected chi connectivity index (χ0v) is 13.5. The molecular formula is C13H26ClNO3S. The van der Waals surface area contributed by atoms with Crippen molar-refractivity contribution in [3.8, 4) is 0 Å². The highest BCUT2D eigenvalue weighted by Gasteiger charge is 2.32. The summed E-state index contributed by atoms with van der Waals surface area (Å²) in [5.74, 6) is 0.543. The van der Waals surface area contributed by atoms with Gasteiger partial charge in [0.2, 0.25) is 10.0 Å². The van der Waals surface area contributed by atoms with Crippen LogP contribution in [0.4, 0.5) is 0 Å². The average Bonchev–Trinajstić information content (AvgIpc) is 2.37. The molecule has 0 spiro atoms. The number of hydrogen-bond acceptors (Lipinski definition) is 3. The van der Waals surface area contributed by atoms with E-state index in [1.165, 1.54) is 6.42 Å². The number of alkyl halides is 1. The normalized spacial score (nSPS) is 19.8. The van der Waals surface area contributed by atoms with Crippen molar-refractivity contribution in [1.29, 1.82) is 0 Å². The third-order valence-electron chi connectivity index (χ3n) is 3.67. The summed E-state index contributed by atoms with van der Waals surface area (Å²) in [4.78, 5) is 0. The van der Waals surface area contributed by atoms with Crippen LogP contribution in [0.15, 0.2) is 0 Å². The fourth-order valence-electron chi connectivity index (χ4n) is 2.39. The van der Waals surface area contributed by atoms with Crippen molar-refractivity contribution in [3.05, 3.63) is 0 Å². The van der Waals surface area contributed by atoms with Gasteiger partial charge >= 0.3 is 0 Å². The van der Waals surface area contributed by atoms with E-state index < -0.39 is 10.0 Å². The molecule has 0 aliphatic heterocycles. The van der Waals surface area contributed by atoms with Gasteiger partial charge in [0.1, 0.15) is 0 Å². The van der Waals surface area contributed by atoms with E-state index in [0.29, 0.717) is 12.4 Å². The molecule has 1 N–H and O–H groups in total. The molecule has 0 atom stereocenters. The summed E-state index contributed by atoms with van der Waals surface area (Å²) in [6.07, 6.45) is 5.61. The molecule has 0 amide bonds. The molecule has 1 aliphatic rings. The Hall–Kier alpha value is 0.160. The monoisotopic (exact) mass is 311 g/mol. The second kappa shape index (κ2) is 7.81. The summed E-state index contributed by atoms with van der Waals surface area (Å²) in [5, 5.41) is 0. The van der Waals surface area contributed by atoms with Crippen molar-refractivity contribution in [1.82, 2.24) is 4.72 Å². The van der Waals surface area contributed by atoms with Gasteiger partial charge in [0.15, 0.2) is 0 Å². The van der Waals surface area contributed by atoms with Crippen LogP contribution >= 0.6 is 11.6 Å². The highest BCUT2D eigenvalue weighted by atomic mass is 35.5. The van der Waals surface area contributed by atoms with Crippen molar-refractivity contribution in [2.45, 2.75) is 52.1 Å². The van der Waals surface area contributed by atoms with Gasteiger partial charge < -0.3 is 4.74 Å². The smallest absolute Gasteiger partial charge is 0.213 e. The van der Waals surface area contributed by atoms with Crippen molar-refractivity contribution < 1.29 is 13.2 Å². The van der Waals surface area contributed by atoms with E-state index in [1.807, 2.05) is 13.8 Å². The minimum absolute atomic E-state index is 0.0174. The predicted octanol–water partition coefficient (Wildman–Crippen LogP) is 2.52. The molecule has 0 bridgehead atoms. The fraction of sp³-hybridized carbons (Fsp3) is 1.00. The second-order valence-electron chi connectivity index (χ2n) is 5.75. The Bertz CT molecular complexity index is 351. The molecule has 0 saturated heterocycles. The van der Waals surface area contributed by atoms with Gasteiger partial charge in [-0.15, -0.1) is 11.6 Å². The maximum Gasteiger partial charge on any atom is 0.213 e. The van der Waals surface area contributed by atoms with Crippen molar-refractivity contribution in [3.63, 3.8) is 0 Å². The number of nitrogens with one attached hydrogen (secondary N) is 1. The predicted molar refractivity (Wildman–Crippen MR) is 79.1 cm³/mol. The third kappa shape index (κ3) is 6.43. The minimum Gasteiger partial charge on any atom is -0.378 e. The lowest BCUT2D eigenvalue weighted by atomic mass is 9.76. The van der Waals surface area contributed by atoms with Crippen molar-refractivity contribution >= 4 is 21.6 Å². The van der Waals surface area contributed by atoms with Gasteiger partial charge in [-0.25, -0.2) is 13.1 Å². The molecular weight excluding hydrogens is 286 g/mol. The Morgan fingerprint density at radius 1 is 1.26 bits per heavy atom. The number of hydrogen-bond donors (Lipinski definition) is 1. The van der Waals surface area contributed by atoms with E-state index in [9.17, 15) is 8.42 Å². The summed E-state index contributed by atoms with van der Waals surface area (Å²) in [6.45, 7) is 4.48. The van der Waals surface area contributed by atoms with E-state index >= 15 is 0 Å². The molecule has 0 heterocycles. The maximum atomic E-state index is 11.9. The van der Waals surface area contributed by atoms with Crippen LogP contribution in [0.5, 0.6) is 0 Å². The van der Waals surface area contributed by atoms with Crippen molar-refractivity contribution in [2.24, 2.45) is 5.41 Å². The molecule has 0 aromatic carbocycles. The molecule has 1 rings (SSSR count). The second-order valence-corrected chi connectivity index (χ2v) is 7.95. The fourth-order valence-corrected chi connectivity index (χ4v) is 3.74. The summed E-state index contributed by atoms with van der Waals surface area (Å²) in [5.41, 5.74) is -0.0498. The first-order chi connectivity index (χ1) is 8.89. The van der Waals surface area contributed by atoms with E-state index in [0.717, 1.165) is 25.7 Å². The van der Waals surface area contributed by atoms with Crippen LogP contribution in [0.25, 0.3) is 0 Å². The summed E-state index contributed by atoms with van der Waals surface area (Å²) in [6, 6.07) is 0. The van der Waals surface area contributed by atoms with Crippen LogP contribution in [0.2, 0.25) is 0 Å². The standard InChI is InChI=1S/C13H26ClNO3S/c1-12(2)18-8-9-19(16,17)15-11-13(10-14)6-4-3-5-7-13/h12,15H,3-11H2,1-2H3. The Morgan fingerprint density at radius 2 is 1.89 bits per heavy atom. The topological polar surface area (TPSA) is 55.4 Å². The molecule has 0 radical (unpaired) electrons. The Balaban J connectivity index is 2.40. The Labute approximate surface area is 122 Å². The number of rotatable bonds is 8. The van der Waals surface area contributed by atoms with E-state index in [1.54, 1.807) is 0 Å². The Kier molecular flexibility index (Phi) is 7.08. The van der Waals surface area contributed by atoms with E-state index in [2.05, 4.69) is 4.72 Å². The molecule has 0 aromatic heterocycles. The van der Waals surface area contributed by atoms with Gasteiger partial charge in [0.25, 0.3) is 0 Å². The zero-order valence-electron chi connectivity index (χ0n) is 12.0. The first-order valence-electron chi connectivity index (χ1n) is 7.04. The SMILES string of the molecule is CC(C)OCCS(=O)(=O)NCC1(CCl)CCCCC1. The molecule has 114 valence electrons. The summed E-state index contributed by atoms with van der Waals surface area (Å²) in [7, 11) is -3.26. The first kappa shape index (κ1) is 17.2. The molecule has 1 fully saturated rings. The number of sulfonamides is 1. The van der Waals surface area contributed by atoms with Crippen LogP contribution in [-0.2, 0) is 14.8 Å². The van der Waals surface area contributed by atoms with Gasteiger partial charge in [0, 0.05) is 12.4 Å². The van der Waals surface area contributed by atoms with Gasteiger partial charge in [0.05, 0.1) is 18.5 Å². The lowest BCUT2D eigenvalue weighted by Gasteiger charge is -2.35. The van der Waals surface area contributed by atoms with Crippen LogP contribution < -0.4 is 4.72 Å². The number of halogens is 1. The van der Waals surface area contributed by atoms with Gasteiger partial charge in [-0.3, -0.25) is 0 Å². The van der Waals surface area contributed by atoms with Crippen LogP contribution in [0, 0.1) is 5.41 Å². The van der Waals surface area contributed by atoms with Crippen LogP contribution in [0.1, 0.15) is 46.0 Å².